The van der Waals surface area contributed by atoms with E-state index in [9.17, 15) is 8.42 Å². The molecule has 2 saturated heterocycles. The Bertz CT molecular complexity index is 369. The number of hydrogen-bond donors (Lipinski definition) is 1. The van der Waals surface area contributed by atoms with Gasteiger partial charge in [-0.25, -0.2) is 0 Å². The van der Waals surface area contributed by atoms with E-state index in [-0.39, 0.29) is 6.04 Å². The molecule has 18 heavy (non-hydrogen) atoms. The van der Waals surface area contributed by atoms with Crippen molar-refractivity contribution in [1.29, 1.82) is 0 Å². The average Bonchev–Trinajstić information content (AvgIpc) is 2.68. The highest BCUT2D eigenvalue weighted by Crippen LogP contribution is 2.30. The fourth-order valence-corrected chi connectivity index (χ4v) is 4.81. The molecule has 0 saturated carbocycles. The van der Waals surface area contributed by atoms with Gasteiger partial charge in [0.1, 0.15) is 0 Å². The predicted molar refractivity (Wildman–Crippen MR) is 72.6 cm³/mol. The van der Waals surface area contributed by atoms with Crippen LogP contribution in [0.1, 0.15) is 39.5 Å². The molecule has 0 aromatic rings. The minimum atomic E-state index is -3.28. The number of hydrogen-bond acceptors (Lipinski definition) is 3. The highest BCUT2D eigenvalue weighted by atomic mass is 32.2. The summed E-state index contributed by atoms with van der Waals surface area (Å²) in [5.74, 6) is 0. The van der Waals surface area contributed by atoms with Crippen LogP contribution in [-0.4, -0.2) is 55.3 Å². The van der Waals surface area contributed by atoms with Crippen LogP contribution in [0.2, 0.25) is 0 Å². The van der Waals surface area contributed by atoms with E-state index in [1.165, 1.54) is 17.1 Å². The second-order valence-corrected chi connectivity index (χ2v) is 7.36. The first-order valence-corrected chi connectivity index (χ1v) is 8.37. The standard InChI is InChI=1S/C12H25N3O2S/c1-4-15(5-2)18(16,17)14(3)12-8-10-6-7-11(9-12)13-10/h10-13H,4-9H2,1-3H3. The van der Waals surface area contributed by atoms with E-state index >= 15 is 0 Å². The highest BCUT2D eigenvalue weighted by Gasteiger charge is 2.39. The Kier molecular flexibility index (Phi) is 4.31. The molecule has 2 heterocycles. The first-order chi connectivity index (χ1) is 8.48. The van der Waals surface area contributed by atoms with Crippen molar-refractivity contribution in [2.45, 2.75) is 57.7 Å². The van der Waals surface area contributed by atoms with Crippen LogP contribution in [0, 0.1) is 0 Å². The first-order valence-electron chi connectivity index (χ1n) is 6.98. The van der Waals surface area contributed by atoms with E-state index in [1.54, 1.807) is 11.4 Å². The predicted octanol–water partition coefficient (Wildman–Crippen LogP) is 0.788. The van der Waals surface area contributed by atoms with Crippen molar-refractivity contribution in [3.8, 4) is 0 Å². The van der Waals surface area contributed by atoms with Gasteiger partial charge < -0.3 is 5.32 Å². The quantitative estimate of drug-likeness (QED) is 0.807. The van der Waals surface area contributed by atoms with E-state index in [4.69, 9.17) is 0 Å². The summed E-state index contributed by atoms with van der Waals surface area (Å²) in [7, 11) is -1.54. The zero-order chi connectivity index (χ0) is 13.3. The van der Waals surface area contributed by atoms with Gasteiger partial charge in [-0.15, -0.1) is 0 Å². The van der Waals surface area contributed by atoms with Crippen molar-refractivity contribution in [2.75, 3.05) is 20.1 Å². The molecule has 2 fully saturated rings. The maximum atomic E-state index is 12.5. The van der Waals surface area contributed by atoms with Gasteiger partial charge in [-0.1, -0.05) is 13.8 Å². The van der Waals surface area contributed by atoms with Crippen LogP contribution in [-0.2, 0) is 10.2 Å². The van der Waals surface area contributed by atoms with Gasteiger partial charge in [0.25, 0.3) is 10.2 Å². The molecule has 0 amide bonds. The van der Waals surface area contributed by atoms with Crippen molar-refractivity contribution in [3.05, 3.63) is 0 Å². The summed E-state index contributed by atoms with van der Waals surface area (Å²) in [6.07, 6.45) is 4.29. The molecule has 0 aliphatic carbocycles. The fourth-order valence-electron chi connectivity index (χ4n) is 3.24. The molecule has 0 radical (unpaired) electrons. The summed E-state index contributed by atoms with van der Waals surface area (Å²) < 4.78 is 28.1. The molecule has 0 aromatic carbocycles. The smallest absolute Gasteiger partial charge is 0.281 e. The van der Waals surface area contributed by atoms with Gasteiger partial charge >= 0.3 is 0 Å². The Labute approximate surface area is 111 Å². The summed E-state index contributed by atoms with van der Waals surface area (Å²) >= 11 is 0. The van der Waals surface area contributed by atoms with E-state index in [1.807, 2.05) is 13.8 Å². The Hall–Kier alpha value is -0.170. The van der Waals surface area contributed by atoms with E-state index < -0.39 is 10.2 Å². The van der Waals surface area contributed by atoms with E-state index in [0.717, 1.165) is 12.8 Å². The topological polar surface area (TPSA) is 52.7 Å². The third-order valence-corrected chi connectivity index (χ3v) is 6.55. The molecule has 5 nitrogen and oxygen atoms in total. The lowest BCUT2D eigenvalue weighted by molar-refractivity contribution is 0.238. The van der Waals surface area contributed by atoms with Gasteiger partial charge in [-0.3, -0.25) is 0 Å². The number of fused-ring (bicyclic) bond motifs is 2. The molecule has 2 aliphatic rings. The van der Waals surface area contributed by atoms with Crippen LogP contribution in [0.5, 0.6) is 0 Å². The van der Waals surface area contributed by atoms with Crippen LogP contribution in [0.4, 0.5) is 0 Å². The summed E-state index contributed by atoms with van der Waals surface area (Å²) in [5.41, 5.74) is 0. The van der Waals surface area contributed by atoms with Crippen LogP contribution in [0.25, 0.3) is 0 Å². The molecule has 2 unspecified atom stereocenters. The van der Waals surface area contributed by atoms with E-state index in [0.29, 0.717) is 25.2 Å². The van der Waals surface area contributed by atoms with Crippen LogP contribution >= 0.6 is 0 Å². The van der Waals surface area contributed by atoms with Gasteiger partial charge in [0.2, 0.25) is 0 Å². The summed E-state index contributed by atoms with van der Waals surface area (Å²) in [6, 6.07) is 1.19. The maximum absolute atomic E-state index is 12.5. The second kappa shape index (κ2) is 5.45. The number of nitrogens with zero attached hydrogens (tertiary/aromatic N) is 2. The van der Waals surface area contributed by atoms with Crippen LogP contribution in [0.3, 0.4) is 0 Å². The Balaban J connectivity index is 2.08. The molecule has 0 aromatic heterocycles. The van der Waals surface area contributed by atoms with Crippen molar-refractivity contribution in [2.24, 2.45) is 0 Å². The third-order valence-electron chi connectivity index (χ3n) is 4.36. The number of rotatable bonds is 5. The molecule has 0 spiro atoms. The van der Waals surface area contributed by atoms with Crippen molar-refractivity contribution in [1.82, 2.24) is 13.9 Å². The van der Waals surface area contributed by atoms with Gasteiger partial charge in [0, 0.05) is 38.3 Å². The minimum absolute atomic E-state index is 0.161. The molecule has 2 atom stereocenters. The molecule has 2 bridgehead atoms. The van der Waals surface area contributed by atoms with Gasteiger partial charge in [-0.2, -0.15) is 17.0 Å². The highest BCUT2D eigenvalue weighted by molar-refractivity contribution is 7.86. The lowest BCUT2D eigenvalue weighted by Gasteiger charge is -2.36. The normalized spacial score (nSPS) is 32.4. The van der Waals surface area contributed by atoms with Gasteiger partial charge in [0.15, 0.2) is 0 Å². The van der Waals surface area contributed by atoms with Gasteiger partial charge in [-0.05, 0) is 25.7 Å². The molecular formula is C12H25N3O2S. The maximum Gasteiger partial charge on any atom is 0.281 e. The van der Waals surface area contributed by atoms with Crippen LogP contribution in [0.15, 0.2) is 0 Å². The first kappa shape index (κ1) is 14.2. The van der Waals surface area contributed by atoms with Crippen molar-refractivity contribution < 1.29 is 8.42 Å². The SMILES string of the molecule is CCN(CC)S(=O)(=O)N(C)C1CC2CCC(C1)N2. The summed E-state index contributed by atoms with van der Waals surface area (Å²) in [6.45, 7) is 4.87. The minimum Gasteiger partial charge on any atom is -0.311 e. The summed E-state index contributed by atoms with van der Waals surface area (Å²) in [5, 5.41) is 3.55. The second-order valence-electron chi connectivity index (χ2n) is 5.37. The summed E-state index contributed by atoms with van der Waals surface area (Å²) in [4.78, 5) is 0. The fraction of sp³-hybridized carbons (Fsp3) is 1.00. The molecular weight excluding hydrogens is 250 g/mol. The van der Waals surface area contributed by atoms with Gasteiger partial charge in [0.05, 0.1) is 0 Å². The largest absolute Gasteiger partial charge is 0.311 e. The lowest BCUT2D eigenvalue weighted by Crippen LogP contribution is -2.52. The molecule has 1 N–H and O–H groups in total. The van der Waals surface area contributed by atoms with Crippen LogP contribution < -0.4 is 5.32 Å². The van der Waals surface area contributed by atoms with Crippen molar-refractivity contribution >= 4 is 10.2 Å². The molecule has 2 aliphatic heterocycles. The number of nitrogens with one attached hydrogen (secondary N) is 1. The molecule has 6 heteroatoms. The van der Waals surface area contributed by atoms with E-state index in [2.05, 4.69) is 5.32 Å². The molecule has 2 rings (SSSR count). The monoisotopic (exact) mass is 275 g/mol. The Morgan fingerprint density at radius 2 is 1.61 bits per heavy atom. The Morgan fingerprint density at radius 1 is 1.11 bits per heavy atom. The number of piperidine rings is 1. The zero-order valence-corrected chi connectivity index (χ0v) is 12.4. The van der Waals surface area contributed by atoms with Crippen molar-refractivity contribution in [3.63, 3.8) is 0 Å². The average molecular weight is 275 g/mol. The Morgan fingerprint density at radius 3 is 2.06 bits per heavy atom. The third kappa shape index (κ3) is 2.57. The zero-order valence-electron chi connectivity index (χ0n) is 11.6. The molecule has 106 valence electrons. The lowest BCUT2D eigenvalue weighted by atomic mass is 10.0.